The van der Waals surface area contributed by atoms with Gasteiger partial charge in [-0.05, 0) is 70.6 Å². The molecule has 0 aromatic heterocycles. The molecule has 6 heteroatoms. The van der Waals surface area contributed by atoms with Crippen LogP contribution in [0.1, 0.15) is 70.9 Å². The summed E-state index contributed by atoms with van der Waals surface area (Å²) in [7, 11) is 1.53. The van der Waals surface area contributed by atoms with Crippen LogP contribution in [0.2, 0.25) is 5.02 Å². The van der Waals surface area contributed by atoms with E-state index >= 15 is 0 Å². The Hall–Kier alpha value is -2.01. The number of hydrogen-bond donors (Lipinski definition) is 0. The van der Waals surface area contributed by atoms with Gasteiger partial charge in [-0.15, -0.1) is 0 Å². The molecule has 0 bridgehead atoms. The van der Waals surface area contributed by atoms with Crippen LogP contribution < -0.4 is 4.74 Å². The van der Waals surface area contributed by atoms with Gasteiger partial charge in [-0.25, -0.2) is 4.79 Å². The van der Waals surface area contributed by atoms with Gasteiger partial charge in [-0.1, -0.05) is 24.9 Å². The van der Waals surface area contributed by atoms with Gasteiger partial charge in [0.1, 0.15) is 11.3 Å². The Morgan fingerprint density at radius 3 is 2.41 bits per heavy atom. The summed E-state index contributed by atoms with van der Waals surface area (Å²) in [5, 5.41) is 0.523. The smallest absolute Gasteiger partial charge is 0.343 e. The molecule has 0 unspecified atom stereocenters. The Balaban J connectivity index is 2.26. The van der Waals surface area contributed by atoms with E-state index in [1.54, 1.807) is 26.8 Å². The third-order valence-corrected chi connectivity index (χ3v) is 5.82. The maximum absolute atomic E-state index is 13.2. The molecule has 0 N–H and O–H groups in total. The van der Waals surface area contributed by atoms with Crippen molar-refractivity contribution in [1.29, 1.82) is 0 Å². The van der Waals surface area contributed by atoms with Crippen molar-refractivity contribution in [3.8, 4) is 5.75 Å². The average molecular weight is 421 g/mol. The summed E-state index contributed by atoms with van der Waals surface area (Å²) in [6, 6.07) is 3.49. The highest BCUT2D eigenvalue weighted by atomic mass is 35.5. The first kappa shape index (κ1) is 21.7. The van der Waals surface area contributed by atoms with E-state index in [2.05, 4.69) is 0 Å². The minimum atomic E-state index is -0.888. The molecule has 2 aliphatic rings. The molecule has 0 saturated heterocycles. The lowest BCUT2D eigenvalue weighted by Gasteiger charge is -2.34. The summed E-state index contributed by atoms with van der Waals surface area (Å²) in [6.07, 6.45) is 4.82. The number of aryl methyl sites for hydroxylation is 1. The van der Waals surface area contributed by atoms with E-state index in [1.807, 2.05) is 13.0 Å². The Morgan fingerprint density at radius 2 is 1.86 bits per heavy atom. The normalized spacial score (nSPS) is 18.8. The summed E-state index contributed by atoms with van der Waals surface area (Å²) < 4.78 is 17.4. The number of methoxy groups -OCH3 is 1. The monoisotopic (exact) mass is 420 g/mol. The molecule has 1 aromatic rings. The van der Waals surface area contributed by atoms with E-state index in [-0.39, 0.29) is 11.5 Å². The molecule has 0 atom stereocenters. The first-order valence-corrected chi connectivity index (χ1v) is 10.6. The number of benzene rings is 1. The summed E-state index contributed by atoms with van der Waals surface area (Å²) in [5.41, 5.74) is 0.135. The molecule has 1 aliphatic carbocycles. The van der Waals surface area contributed by atoms with Crippen LogP contribution in [-0.2, 0) is 25.5 Å². The molecule has 0 radical (unpaired) electrons. The lowest BCUT2D eigenvalue weighted by molar-refractivity contribution is -0.159. The van der Waals surface area contributed by atoms with Crippen LogP contribution in [0.15, 0.2) is 17.9 Å². The zero-order valence-corrected chi connectivity index (χ0v) is 18.6. The maximum atomic E-state index is 13.2. The molecule has 0 amide bonds. The first-order chi connectivity index (χ1) is 13.6. The van der Waals surface area contributed by atoms with Crippen molar-refractivity contribution in [1.82, 2.24) is 0 Å². The molecule has 29 heavy (non-hydrogen) atoms. The molecular weight excluding hydrogens is 392 g/mol. The SMILES string of the molecule is CCc1cc(Cl)cc(OC)c1C1=C(OC(=O)C(C)(C)C)C2(CCCCC2)OC1=O. The van der Waals surface area contributed by atoms with E-state index in [4.69, 9.17) is 25.8 Å². The number of carbonyl (C=O) groups excluding carboxylic acids is 2. The first-order valence-electron chi connectivity index (χ1n) is 10.2. The van der Waals surface area contributed by atoms with Crippen LogP contribution in [0.25, 0.3) is 5.57 Å². The topological polar surface area (TPSA) is 61.8 Å². The molecule has 5 nitrogen and oxygen atoms in total. The minimum absolute atomic E-state index is 0.287. The molecule has 1 heterocycles. The number of halogens is 1. The minimum Gasteiger partial charge on any atom is -0.496 e. The van der Waals surface area contributed by atoms with E-state index in [0.717, 1.165) is 24.8 Å². The zero-order valence-electron chi connectivity index (χ0n) is 17.8. The second kappa shape index (κ2) is 8.02. The van der Waals surface area contributed by atoms with Crippen molar-refractivity contribution >= 4 is 29.1 Å². The number of carbonyl (C=O) groups is 2. The van der Waals surface area contributed by atoms with Crippen molar-refractivity contribution < 1.29 is 23.8 Å². The zero-order chi connectivity index (χ0) is 21.4. The van der Waals surface area contributed by atoms with Gasteiger partial charge in [0.2, 0.25) is 0 Å². The number of hydrogen-bond acceptors (Lipinski definition) is 5. The van der Waals surface area contributed by atoms with Crippen molar-refractivity contribution in [2.24, 2.45) is 5.41 Å². The van der Waals surface area contributed by atoms with E-state index < -0.39 is 17.0 Å². The fraction of sp³-hybridized carbons (Fsp3) is 0.565. The summed E-state index contributed by atoms with van der Waals surface area (Å²) in [5.74, 6) is -0.0610. The molecule has 1 aromatic carbocycles. The van der Waals surface area contributed by atoms with E-state index in [9.17, 15) is 9.59 Å². The molecule has 1 saturated carbocycles. The third kappa shape index (κ3) is 4.02. The Bertz CT molecular complexity index is 832. The van der Waals surface area contributed by atoms with E-state index in [0.29, 0.717) is 41.4 Å². The highest BCUT2D eigenvalue weighted by Crippen LogP contribution is 2.50. The predicted octanol–water partition coefficient (Wildman–Crippen LogP) is 5.47. The lowest BCUT2D eigenvalue weighted by atomic mass is 9.81. The van der Waals surface area contributed by atoms with Crippen LogP contribution in [0.3, 0.4) is 0 Å². The lowest BCUT2D eigenvalue weighted by Crippen LogP contribution is -2.37. The van der Waals surface area contributed by atoms with Crippen LogP contribution in [0, 0.1) is 5.41 Å². The highest BCUT2D eigenvalue weighted by Gasteiger charge is 2.52. The molecule has 158 valence electrons. The quantitative estimate of drug-likeness (QED) is 0.604. The number of rotatable bonds is 4. The van der Waals surface area contributed by atoms with Crippen molar-refractivity contribution in [2.75, 3.05) is 7.11 Å². The second-order valence-electron chi connectivity index (χ2n) is 8.78. The highest BCUT2D eigenvalue weighted by molar-refractivity contribution is 6.31. The fourth-order valence-electron chi connectivity index (χ4n) is 4.01. The third-order valence-electron chi connectivity index (χ3n) is 5.60. The summed E-state index contributed by atoms with van der Waals surface area (Å²) in [4.78, 5) is 26.0. The standard InChI is InChI=1S/C23H29ClO5/c1-6-14-12-15(24)13-16(27-5)17(14)18-19(28-21(26)22(2,3)4)23(29-20(18)25)10-8-7-9-11-23/h12-13H,6-11H2,1-5H3. The number of esters is 2. The van der Waals surface area contributed by atoms with Crippen LogP contribution >= 0.6 is 11.6 Å². The molecule has 1 fully saturated rings. The summed E-state index contributed by atoms with van der Waals surface area (Å²) >= 11 is 6.25. The van der Waals surface area contributed by atoms with Gasteiger partial charge in [-0.2, -0.15) is 0 Å². The van der Waals surface area contributed by atoms with Gasteiger partial charge in [0, 0.05) is 10.6 Å². The van der Waals surface area contributed by atoms with Gasteiger partial charge in [0.05, 0.1) is 12.5 Å². The van der Waals surface area contributed by atoms with Gasteiger partial charge in [0.25, 0.3) is 0 Å². The predicted molar refractivity (Wildman–Crippen MR) is 112 cm³/mol. The van der Waals surface area contributed by atoms with Gasteiger partial charge in [0.15, 0.2) is 11.4 Å². The van der Waals surface area contributed by atoms with Crippen molar-refractivity contribution in [2.45, 2.75) is 71.8 Å². The fourth-order valence-corrected chi connectivity index (χ4v) is 4.24. The Kier molecular flexibility index (Phi) is 6.00. The maximum Gasteiger partial charge on any atom is 0.343 e. The molecule has 1 aliphatic heterocycles. The second-order valence-corrected chi connectivity index (χ2v) is 9.22. The van der Waals surface area contributed by atoms with Crippen molar-refractivity contribution in [3.05, 3.63) is 34.0 Å². The van der Waals surface area contributed by atoms with Crippen LogP contribution in [0.4, 0.5) is 0 Å². The van der Waals surface area contributed by atoms with Crippen molar-refractivity contribution in [3.63, 3.8) is 0 Å². The molecule has 3 rings (SSSR count). The Labute approximate surface area is 177 Å². The summed E-state index contributed by atoms with van der Waals surface area (Å²) in [6.45, 7) is 7.36. The number of ether oxygens (including phenoxy) is 3. The van der Waals surface area contributed by atoms with Gasteiger partial charge >= 0.3 is 11.9 Å². The van der Waals surface area contributed by atoms with E-state index in [1.165, 1.54) is 7.11 Å². The van der Waals surface area contributed by atoms with Gasteiger partial charge in [-0.3, -0.25) is 4.79 Å². The van der Waals surface area contributed by atoms with Gasteiger partial charge < -0.3 is 14.2 Å². The molecular formula is C23H29ClO5. The molecule has 1 spiro atoms. The van der Waals surface area contributed by atoms with Crippen LogP contribution in [-0.4, -0.2) is 24.6 Å². The van der Waals surface area contributed by atoms with Crippen LogP contribution in [0.5, 0.6) is 5.75 Å². The average Bonchev–Trinajstić information content (AvgIpc) is 2.91. The largest absolute Gasteiger partial charge is 0.496 e. The Morgan fingerprint density at radius 1 is 1.21 bits per heavy atom.